The number of methoxy groups -OCH3 is 1. The highest BCUT2D eigenvalue weighted by Crippen LogP contribution is 2.40. The summed E-state index contributed by atoms with van der Waals surface area (Å²) in [5, 5.41) is 8.89. The number of carboxylic acid groups (broad SMARTS) is 1. The fourth-order valence-corrected chi connectivity index (χ4v) is 2.41. The normalized spacial score (nSPS) is 13.2. The molecule has 1 N–H and O–H groups in total. The summed E-state index contributed by atoms with van der Waals surface area (Å²) in [5.41, 5.74) is -1.23. The van der Waals surface area contributed by atoms with Crippen molar-refractivity contribution in [1.29, 1.82) is 0 Å². The summed E-state index contributed by atoms with van der Waals surface area (Å²) in [4.78, 5) is 23.3. The monoisotopic (exact) mass is 345 g/mol. The van der Waals surface area contributed by atoms with E-state index >= 15 is 0 Å². The van der Waals surface area contributed by atoms with Gasteiger partial charge in [0.2, 0.25) is 11.2 Å². The molecule has 3 rings (SSSR count). The lowest BCUT2D eigenvalue weighted by atomic mass is 10.1. The predicted octanol–water partition coefficient (Wildman–Crippen LogP) is 2.51. The first-order valence-electron chi connectivity index (χ1n) is 6.83. The first-order valence-corrected chi connectivity index (χ1v) is 6.83. The van der Waals surface area contributed by atoms with E-state index in [0.717, 1.165) is 18.9 Å². The first-order chi connectivity index (χ1) is 11.4. The maximum Gasteiger partial charge on any atom is 0.521 e. The van der Waals surface area contributed by atoms with Crippen molar-refractivity contribution in [2.45, 2.75) is 18.9 Å². The molecule has 0 aliphatic heterocycles. The molecular formula is C14H12BF4NO4. The summed E-state index contributed by atoms with van der Waals surface area (Å²) in [6, 6.07) is 0.686. The maximum atomic E-state index is 13.9. The molecule has 0 atom stereocenters. The second kappa shape index (κ2) is 6.94. The molecule has 0 unspecified atom stereocenters. The average molecular weight is 345 g/mol. The Morgan fingerprint density at radius 2 is 1.96 bits per heavy atom. The van der Waals surface area contributed by atoms with Gasteiger partial charge in [0.1, 0.15) is 5.56 Å². The van der Waals surface area contributed by atoms with Gasteiger partial charge in [-0.15, -0.1) is 0 Å². The highest BCUT2D eigenvalue weighted by atomic mass is 19.2. The van der Waals surface area contributed by atoms with Crippen molar-refractivity contribution in [3.63, 3.8) is 0 Å². The van der Waals surface area contributed by atoms with E-state index < -0.39 is 36.4 Å². The zero-order valence-electron chi connectivity index (χ0n) is 12.5. The minimum absolute atomic E-state index is 0.0371. The molecule has 0 saturated heterocycles. The smallest absolute Gasteiger partial charge is 0.491 e. The Hall–Kier alpha value is -2.52. The summed E-state index contributed by atoms with van der Waals surface area (Å²) < 4.78 is 53.1. The average Bonchev–Trinajstić information content (AvgIpc) is 3.35. The predicted molar refractivity (Wildman–Crippen MR) is 79.3 cm³/mol. The second-order valence-corrected chi connectivity index (χ2v) is 5.02. The SMILES string of the molecule is COc1c(F)c(F)cc2c(=O)c(C(=O)O)cn(C3CC3)c12.FBF. The minimum atomic E-state index is -1.75. The van der Waals surface area contributed by atoms with Crippen LogP contribution in [0.2, 0.25) is 0 Å². The van der Waals surface area contributed by atoms with Crippen LogP contribution in [0, 0.1) is 11.6 Å². The van der Waals surface area contributed by atoms with Crippen LogP contribution in [-0.4, -0.2) is 30.6 Å². The van der Waals surface area contributed by atoms with Gasteiger partial charge in [-0.25, -0.2) is 9.18 Å². The van der Waals surface area contributed by atoms with Crippen molar-refractivity contribution in [3.8, 4) is 5.75 Å². The number of pyridine rings is 1. The van der Waals surface area contributed by atoms with Crippen molar-refractivity contribution in [2.24, 2.45) is 0 Å². The van der Waals surface area contributed by atoms with Gasteiger partial charge in [-0.2, -0.15) is 4.39 Å². The molecule has 0 spiro atoms. The second-order valence-electron chi connectivity index (χ2n) is 5.02. The number of rotatable bonds is 3. The van der Waals surface area contributed by atoms with Gasteiger partial charge in [0.15, 0.2) is 11.6 Å². The quantitative estimate of drug-likeness (QED) is 0.686. The van der Waals surface area contributed by atoms with Gasteiger partial charge >= 0.3 is 13.8 Å². The number of halogens is 4. The fourth-order valence-electron chi connectivity index (χ4n) is 2.41. The van der Waals surface area contributed by atoms with Crippen LogP contribution in [0.1, 0.15) is 29.2 Å². The van der Waals surface area contributed by atoms with E-state index in [2.05, 4.69) is 0 Å². The summed E-state index contributed by atoms with van der Waals surface area (Å²) >= 11 is 0. The van der Waals surface area contributed by atoms with Gasteiger partial charge in [-0.3, -0.25) is 13.4 Å². The summed E-state index contributed by atoms with van der Waals surface area (Å²) in [6.45, 7) is 0. The molecule has 5 nitrogen and oxygen atoms in total. The van der Waals surface area contributed by atoms with Crippen LogP contribution in [0.25, 0.3) is 10.9 Å². The van der Waals surface area contributed by atoms with E-state index in [9.17, 15) is 27.0 Å². The molecule has 1 aliphatic rings. The van der Waals surface area contributed by atoms with Crippen molar-refractivity contribution < 1.29 is 32.1 Å². The molecular weight excluding hydrogens is 333 g/mol. The van der Waals surface area contributed by atoms with Gasteiger partial charge in [0.25, 0.3) is 0 Å². The Bertz CT molecular complexity index is 851. The molecule has 1 saturated carbocycles. The molecule has 0 amide bonds. The summed E-state index contributed by atoms with van der Waals surface area (Å²) in [7, 11) is -0.579. The molecule has 1 heterocycles. The lowest BCUT2D eigenvalue weighted by molar-refractivity contribution is 0.0695. The topological polar surface area (TPSA) is 68.5 Å². The maximum absolute atomic E-state index is 13.9. The number of aromatic nitrogens is 1. The summed E-state index contributed by atoms with van der Waals surface area (Å²) in [6.07, 6.45) is 2.73. The molecule has 128 valence electrons. The molecule has 2 aromatic rings. The highest BCUT2D eigenvalue weighted by Gasteiger charge is 2.30. The van der Waals surface area contributed by atoms with Gasteiger partial charge in [-0.05, 0) is 18.9 Å². The number of benzene rings is 1. The van der Waals surface area contributed by atoms with E-state index in [1.165, 1.54) is 17.9 Å². The Kier molecular flexibility index (Phi) is 5.15. The number of hydrogen-bond acceptors (Lipinski definition) is 3. The number of carbonyl (C=O) groups is 1. The van der Waals surface area contributed by atoms with Crippen LogP contribution < -0.4 is 10.2 Å². The van der Waals surface area contributed by atoms with Crippen molar-refractivity contribution >= 4 is 24.7 Å². The van der Waals surface area contributed by atoms with Crippen molar-refractivity contribution in [1.82, 2.24) is 4.57 Å². The summed E-state index contributed by atoms with van der Waals surface area (Å²) in [5.74, 6) is -4.23. The van der Waals surface area contributed by atoms with Gasteiger partial charge in [0.05, 0.1) is 18.0 Å². The van der Waals surface area contributed by atoms with E-state index in [1.807, 2.05) is 0 Å². The Morgan fingerprint density at radius 1 is 1.38 bits per heavy atom. The van der Waals surface area contributed by atoms with E-state index in [4.69, 9.17) is 9.84 Å². The van der Waals surface area contributed by atoms with E-state index in [-0.39, 0.29) is 22.7 Å². The third-order valence-electron chi connectivity index (χ3n) is 3.54. The van der Waals surface area contributed by atoms with E-state index in [1.54, 1.807) is 0 Å². The molecule has 0 radical (unpaired) electrons. The van der Waals surface area contributed by atoms with E-state index in [0.29, 0.717) is 0 Å². The van der Waals surface area contributed by atoms with Crippen LogP contribution in [0.4, 0.5) is 17.4 Å². The Labute approximate surface area is 133 Å². The molecule has 1 fully saturated rings. The highest BCUT2D eigenvalue weighted by molar-refractivity contribution is 6.15. The van der Waals surface area contributed by atoms with Crippen LogP contribution in [0.15, 0.2) is 17.1 Å². The molecule has 0 bridgehead atoms. The molecule has 10 heteroatoms. The number of hydrogen-bond donors (Lipinski definition) is 1. The van der Waals surface area contributed by atoms with Crippen LogP contribution >= 0.6 is 0 Å². The Balaban J connectivity index is 0.000000647. The minimum Gasteiger partial charge on any atom is -0.491 e. The molecule has 1 aromatic carbocycles. The lowest BCUT2D eigenvalue weighted by Gasteiger charge is -2.15. The van der Waals surface area contributed by atoms with Gasteiger partial charge in [0, 0.05) is 12.2 Å². The van der Waals surface area contributed by atoms with Gasteiger partial charge < -0.3 is 14.4 Å². The fraction of sp³-hybridized carbons (Fsp3) is 0.286. The van der Waals surface area contributed by atoms with Crippen molar-refractivity contribution in [2.75, 3.05) is 7.11 Å². The first kappa shape index (κ1) is 17.8. The molecule has 1 aliphatic carbocycles. The lowest BCUT2D eigenvalue weighted by Crippen LogP contribution is -2.19. The van der Waals surface area contributed by atoms with Crippen LogP contribution in [-0.2, 0) is 0 Å². The largest absolute Gasteiger partial charge is 0.521 e. The number of carboxylic acids is 1. The van der Waals surface area contributed by atoms with Gasteiger partial charge in [-0.1, -0.05) is 0 Å². The van der Waals surface area contributed by atoms with Crippen molar-refractivity contribution in [3.05, 3.63) is 39.7 Å². The number of aromatic carboxylic acids is 1. The molecule has 1 aromatic heterocycles. The number of fused-ring (bicyclic) bond motifs is 1. The third-order valence-corrected chi connectivity index (χ3v) is 3.54. The molecule has 24 heavy (non-hydrogen) atoms. The number of ether oxygens (including phenoxy) is 1. The standard InChI is InChI=1S/C14H11F2NO4.BF2H/c1-21-13-10(16)9(15)4-7-11(13)17(6-2-3-6)5-8(12(7)18)14(19)20;2-1-3/h4-6H,2-3H2,1H3,(H,19,20);1H. The number of nitrogens with zero attached hydrogens (tertiary/aromatic N) is 1. The Morgan fingerprint density at radius 3 is 2.42 bits per heavy atom. The van der Waals surface area contributed by atoms with Crippen LogP contribution in [0.3, 0.4) is 0 Å². The third kappa shape index (κ3) is 3.08. The zero-order chi connectivity index (χ0) is 18.0. The zero-order valence-corrected chi connectivity index (χ0v) is 12.5. The van der Waals surface area contributed by atoms with Crippen LogP contribution in [0.5, 0.6) is 5.75 Å².